The van der Waals surface area contributed by atoms with Crippen molar-refractivity contribution in [1.29, 1.82) is 0 Å². The minimum Gasteiger partial charge on any atom is -0.479 e. The van der Waals surface area contributed by atoms with E-state index in [-0.39, 0.29) is 15.8 Å². The van der Waals surface area contributed by atoms with E-state index in [0.717, 1.165) is 0 Å². The number of nitrogens with zero attached hydrogens (tertiary/aromatic N) is 1. The zero-order valence-electron chi connectivity index (χ0n) is 8.17. The maximum absolute atomic E-state index is 10.3. The number of rotatable bonds is 3. The van der Waals surface area contributed by atoms with Gasteiger partial charge < -0.3 is 9.84 Å². The van der Waals surface area contributed by atoms with Crippen LogP contribution in [0.5, 0.6) is 5.75 Å². The van der Waals surface area contributed by atoms with Gasteiger partial charge in [-0.05, 0) is 13.8 Å². The van der Waals surface area contributed by atoms with Crippen molar-refractivity contribution in [3.05, 3.63) is 21.4 Å². The fourth-order valence-electron chi connectivity index (χ4n) is 1.04. The summed E-state index contributed by atoms with van der Waals surface area (Å²) < 4.78 is 4.99. The molecule has 0 aromatic carbocycles. The maximum atomic E-state index is 10.3. The molecular formula is C9H9Cl2NO3. The summed E-state index contributed by atoms with van der Waals surface area (Å²) in [7, 11) is 0. The number of aromatic nitrogens is 1. The number of aryl methyl sites for hydroxylation is 2. The zero-order valence-corrected chi connectivity index (χ0v) is 9.69. The van der Waals surface area contributed by atoms with Gasteiger partial charge in [0.25, 0.3) is 0 Å². The lowest BCUT2D eigenvalue weighted by Crippen LogP contribution is -2.10. The van der Waals surface area contributed by atoms with Crippen molar-refractivity contribution in [3.63, 3.8) is 0 Å². The molecule has 1 aromatic heterocycles. The Hall–Kier alpha value is -1.00. The lowest BCUT2D eigenvalue weighted by molar-refractivity contribution is -0.139. The molecule has 4 nitrogen and oxygen atoms in total. The number of halogens is 2. The van der Waals surface area contributed by atoms with Crippen molar-refractivity contribution in [1.82, 2.24) is 4.98 Å². The first-order valence-electron chi connectivity index (χ1n) is 4.10. The molecule has 15 heavy (non-hydrogen) atoms. The Bertz CT molecular complexity index is 381. The van der Waals surface area contributed by atoms with Crippen molar-refractivity contribution in [2.45, 2.75) is 13.8 Å². The normalized spacial score (nSPS) is 10.1. The first-order valence-corrected chi connectivity index (χ1v) is 4.86. The van der Waals surface area contributed by atoms with Gasteiger partial charge >= 0.3 is 5.97 Å². The van der Waals surface area contributed by atoms with Gasteiger partial charge in [-0.25, -0.2) is 4.79 Å². The third-order valence-electron chi connectivity index (χ3n) is 1.71. The highest BCUT2D eigenvalue weighted by Gasteiger charge is 2.15. The van der Waals surface area contributed by atoms with Gasteiger partial charge in [-0.1, -0.05) is 23.2 Å². The smallest absolute Gasteiger partial charge is 0.341 e. The van der Waals surface area contributed by atoms with Gasteiger partial charge in [0.1, 0.15) is 10.0 Å². The van der Waals surface area contributed by atoms with Gasteiger partial charge in [0, 0.05) is 0 Å². The Morgan fingerprint density at radius 2 is 1.80 bits per heavy atom. The quantitative estimate of drug-likeness (QED) is 0.895. The predicted molar refractivity (Wildman–Crippen MR) is 56.9 cm³/mol. The van der Waals surface area contributed by atoms with Crippen LogP contribution in [0.4, 0.5) is 0 Å². The summed E-state index contributed by atoms with van der Waals surface area (Å²) in [6.45, 7) is 2.90. The van der Waals surface area contributed by atoms with E-state index in [0.29, 0.717) is 11.4 Å². The molecule has 1 rings (SSSR count). The Kier molecular flexibility index (Phi) is 3.77. The number of hydrogen-bond acceptors (Lipinski definition) is 3. The lowest BCUT2D eigenvalue weighted by Gasteiger charge is -2.11. The van der Waals surface area contributed by atoms with Crippen molar-refractivity contribution in [2.24, 2.45) is 0 Å². The molecule has 0 unspecified atom stereocenters. The summed E-state index contributed by atoms with van der Waals surface area (Å²) in [5, 5.41) is 8.95. The first kappa shape index (κ1) is 12.1. The average molecular weight is 250 g/mol. The van der Waals surface area contributed by atoms with Crippen molar-refractivity contribution >= 4 is 29.2 Å². The van der Waals surface area contributed by atoms with E-state index in [9.17, 15) is 4.79 Å². The molecule has 0 aliphatic carbocycles. The molecule has 6 heteroatoms. The summed E-state index contributed by atoms with van der Waals surface area (Å²) in [5.74, 6) is -0.917. The molecule has 82 valence electrons. The number of pyridine rings is 1. The fourth-order valence-corrected chi connectivity index (χ4v) is 1.47. The molecule has 0 amide bonds. The minimum atomic E-state index is -1.09. The van der Waals surface area contributed by atoms with E-state index in [1.165, 1.54) is 0 Å². The number of carboxylic acid groups (broad SMARTS) is 1. The molecule has 0 saturated heterocycles. The molecule has 0 aliphatic rings. The van der Waals surface area contributed by atoms with Crippen LogP contribution in [0.25, 0.3) is 0 Å². The predicted octanol–water partition coefficient (Wildman–Crippen LogP) is 2.47. The van der Waals surface area contributed by atoms with Crippen LogP contribution in [-0.2, 0) is 4.79 Å². The molecule has 0 bridgehead atoms. The largest absolute Gasteiger partial charge is 0.479 e. The number of carbonyl (C=O) groups is 1. The number of aliphatic carboxylic acids is 1. The fraction of sp³-hybridized carbons (Fsp3) is 0.333. The van der Waals surface area contributed by atoms with Gasteiger partial charge in [-0.15, -0.1) is 0 Å². The van der Waals surface area contributed by atoms with Crippen LogP contribution in [0, 0.1) is 13.8 Å². The minimum absolute atomic E-state index is 0.172. The number of carboxylic acids is 1. The van der Waals surface area contributed by atoms with E-state index < -0.39 is 12.6 Å². The van der Waals surface area contributed by atoms with Crippen LogP contribution in [0.15, 0.2) is 0 Å². The standard InChI is InChI=1S/C9H9Cl2NO3/c1-4-7(10)9(15-3-6(13)14)8(11)5(2)12-4/h3H2,1-2H3,(H,13,14). The zero-order chi connectivity index (χ0) is 11.6. The molecule has 0 radical (unpaired) electrons. The number of ether oxygens (including phenoxy) is 1. The van der Waals surface area contributed by atoms with Gasteiger partial charge in [0.15, 0.2) is 12.4 Å². The summed E-state index contributed by atoms with van der Waals surface area (Å²) in [5.41, 5.74) is 1.11. The summed E-state index contributed by atoms with van der Waals surface area (Å²) in [6.07, 6.45) is 0. The van der Waals surface area contributed by atoms with Gasteiger partial charge in [0.2, 0.25) is 0 Å². The Labute approximate surface area is 96.8 Å². The van der Waals surface area contributed by atoms with E-state index in [1.807, 2.05) is 0 Å². The maximum Gasteiger partial charge on any atom is 0.341 e. The Morgan fingerprint density at radius 1 is 1.33 bits per heavy atom. The van der Waals surface area contributed by atoms with E-state index in [4.69, 9.17) is 33.0 Å². The highest BCUT2D eigenvalue weighted by molar-refractivity contribution is 6.37. The highest BCUT2D eigenvalue weighted by Crippen LogP contribution is 2.36. The summed E-state index contributed by atoms with van der Waals surface area (Å²) in [6, 6.07) is 0. The molecular weight excluding hydrogens is 241 g/mol. The number of hydrogen-bond donors (Lipinski definition) is 1. The second kappa shape index (κ2) is 4.68. The SMILES string of the molecule is Cc1nc(C)c(Cl)c(OCC(=O)O)c1Cl. The molecule has 0 spiro atoms. The van der Waals surface area contributed by atoms with Crippen molar-refractivity contribution in [3.8, 4) is 5.75 Å². The van der Waals surface area contributed by atoms with Crippen LogP contribution in [0.3, 0.4) is 0 Å². The van der Waals surface area contributed by atoms with Crippen molar-refractivity contribution < 1.29 is 14.6 Å². The molecule has 1 N–H and O–H groups in total. The molecule has 0 saturated carbocycles. The van der Waals surface area contributed by atoms with Crippen LogP contribution in [0.2, 0.25) is 10.0 Å². The molecule has 0 atom stereocenters. The Balaban J connectivity index is 3.09. The average Bonchev–Trinajstić information content (AvgIpc) is 2.14. The molecule has 1 heterocycles. The third kappa shape index (κ3) is 2.73. The monoisotopic (exact) mass is 249 g/mol. The Morgan fingerprint density at radius 3 is 2.20 bits per heavy atom. The lowest BCUT2D eigenvalue weighted by atomic mass is 10.3. The van der Waals surface area contributed by atoms with Crippen molar-refractivity contribution in [2.75, 3.05) is 6.61 Å². The molecule has 1 aromatic rings. The topological polar surface area (TPSA) is 59.4 Å². The van der Waals surface area contributed by atoms with E-state index in [2.05, 4.69) is 4.98 Å². The second-order valence-electron chi connectivity index (χ2n) is 2.92. The summed E-state index contributed by atoms with van der Waals surface area (Å²) in [4.78, 5) is 14.4. The summed E-state index contributed by atoms with van der Waals surface area (Å²) >= 11 is 11.8. The highest BCUT2D eigenvalue weighted by atomic mass is 35.5. The third-order valence-corrected chi connectivity index (χ3v) is 2.60. The first-order chi connectivity index (χ1) is 6.93. The molecule has 0 aliphatic heterocycles. The van der Waals surface area contributed by atoms with E-state index >= 15 is 0 Å². The van der Waals surface area contributed by atoms with Crippen LogP contribution in [0.1, 0.15) is 11.4 Å². The van der Waals surface area contributed by atoms with Gasteiger partial charge in [0.05, 0.1) is 11.4 Å². The van der Waals surface area contributed by atoms with Crippen LogP contribution < -0.4 is 4.74 Å². The van der Waals surface area contributed by atoms with E-state index in [1.54, 1.807) is 13.8 Å². The van der Waals surface area contributed by atoms with Gasteiger partial charge in [-0.2, -0.15) is 0 Å². The van der Waals surface area contributed by atoms with Gasteiger partial charge in [-0.3, -0.25) is 4.98 Å². The second-order valence-corrected chi connectivity index (χ2v) is 3.68. The molecule has 0 fully saturated rings. The van der Waals surface area contributed by atoms with Crippen LogP contribution in [-0.4, -0.2) is 22.7 Å². The van der Waals surface area contributed by atoms with Crippen LogP contribution >= 0.6 is 23.2 Å².